The van der Waals surface area contributed by atoms with Crippen molar-refractivity contribution < 1.29 is 13.7 Å². The molecule has 16 aromatic carbocycles. The van der Waals surface area contributed by atoms with Gasteiger partial charge in [-0.3, -0.25) is 14.1 Å². The van der Waals surface area contributed by atoms with Crippen LogP contribution in [0.5, 0.6) is 0 Å². The smallest absolute Gasteiger partial charge is 0.235 e. The Morgan fingerprint density at radius 1 is 0.239 bits per heavy atom. The van der Waals surface area contributed by atoms with Crippen molar-refractivity contribution in [3.05, 3.63) is 395 Å². The quantitative estimate of drug-likeness (QED) is 0.144. The zero-order valence-electron chi connectivity index (χ0n) is 62.7. The monoisotopic (exact) mass is 1550 g/mol. The van der Waals surface area contributed by atoms with Gasteiger partial charge in [0.25, 0.3) is 0 Å². The minimum atomic E-state index is -3.07. The lowest BCUT2D eigenvalue weighted by Gasteiger charge is -2.16. The molecule has 0 amide bonds. The molecule has 0 fully saturated rings. The summed E-state index contributed by atoms with van der Waals surface area (Å²) in [6.07, 6.45) is 3.73. The number of para-hydroxylation sites is 6. The van der Waals surface area contributed by atoms with Gasteiger partial charge < -0.3 is 18.3 Å². The van der Waals surface area contributed by atoms with E-state index in [0.717, 1.165) is 196 Å². The molecule has 11 nitrogen and oxygen atoms in total. The number of rotatable bonds is 7. The summed E-state index contributed by atoms with van der Waals surface area (Å²) in [5.41, 5.74) is 18.1. The summed E-state index contributed by atoms with van der Waals surface area (Å²) in [5.74, 6) is 1.24. The lowest BCUT2D eigenvalue weighted by atomic mass is 10.0. The summed E-state index contributed by atoms with van der Waals surface area (Å²) in [4.78, 5) is 24.8. The van der Waals surface area contributed by atoms with Gasteiger partial charge in [-0.1, -0.05) is 303 Å². The molecule has 0 N–H and O–H groups in total. The van der Waals surface area contributed by atoms with Gasteiger partial charge in [0.05, 0.1) is 61.0 Å². The van der Waals surface area contributed by atoms with Crippen LogP contribution in [0.2, 0.25) is 0 Å². The number of aromatic nitrogens is 8. The highest BCUT2D eigenvalue weighted by Crippen LogP contribution is 2.57. The number of pyridine rings is 1. The number of hydrogen-bond donors (Lipinski definition) is 0. The van der Waals surface area contributed by atoms with Gasteiger partial charge in [-0.2, -0.15) is 0 Å². The minimum Gasteiger partial charge on any atom is -0.309 e. The average molecular weight is 1560 g/mol. The summed E-state index contributed by atoms with van der Waals surface area (Å²) in [5, 5.41) is 17.7. The second-order valence-corrected chi connectivity index (χ2v) is 38.0. The van der Waals surface area contributed by atoms with E-state index in [1.807, 2.05) is 237 Å². The maximum absolute atomic E-state index is 15.2. The molecule has 22 aromatic rings. The molecule has 0 saturated carbocycles. The third-order valence-electron chi connectivity index (χ3n) is 23.7. The van der Waals surface area contributed by atoms with Crippen LogP contribution in [0, 0.1) is 0 Å². The number of hydrogen-bond acceptors (Lipinski definition) is 8. The van der Waals surface area contributed by atoms with E-state index < -0.39 is 21.4 Å². The number of benzene rings is 16. The van der Waals surface area contributed by atoms with Crippen molar-refractivity contribution in [1.29, 1.82) is 0 Å². The summed E-state index contributed by atoms with van der Waals surface area (Å²) >= 11 is 0. The molecule has 0 aliphatic carbocycles. The molecule has 117 heavy (non-hydrogen) atoms. The van der Waals surface area contributed by atoms with Crippen LogP contribution in [-0.4, -0.2) is 38.6 Å². The standard InChI is InChI=1S/C38H24N3OP.C33H21N2OP.C32H20N3OP/c42-43(26-15-5-2-6-16-26)35-22-12-9-18-28(35)31-23-34-30(24-36(31)43)27-17-8-11-21-33(27)41(34)38-39-32-20-10-7-19-29(32)37(40-38)25-13-3-1-4-14-25;36-37(23-12-2-1-3-13-23)31-18-7-5-15-25(31)27-20-30-26(21-32(27)37)24-14-4-6-16-28(24)35(30)29-17-8-10-22-11-9-19-34-33(22)29;36-37(22-11-2-1-3-12-22)30-17-9-6-14-24(30)26-18-29-25(19-31(26)37)23-13-5-8-16-28(23)35(29)32-33-20-21-10-4-7-15-27(21)34-32/h1-24H;1-21H;1-20H. The van der Waals surface area contributed by atoms with Crippen LogP contribution in [0.1, 0.15) is 0 Å². The lowest BCUT2D eigenvalue weighted by molar-refractivity contribution is 0.592. The van der Waals surface area contributed by atoms with E-state index in [-0.39, 0.29) is 0 Å². The highest BCUT2D eigenvalue weighted by atomic mass is 31.2. The van der Waals surface area contributed by atoms with Crippen molar-refractivity contribution in [2.45, 2.75) is 0 Å². The van der Waals surface area contributed by atoms with Crippen molar-refractivity contribution >= 4 is 167 Å². The summed E-state index contributed by atoms with van der Waals surface area (Å²) < 4.78 is 51.9. The maximum Gasteiger partial charge on any atom is 0.235 e. The van der Waals surface area contributed by atoms with Crippen LogP contribution in [0.4, 0.5) is 0 Å². The first kappa shape index (κ1) is 68.3. The predicted octanol–water partition coefficient (Wildman–Crippen LogP) is 21.3. The Balaban J connectivity index is 0.000000104. The first-order chi connectivity index (χ1) is 57.7. The Morgan fingerprint density at radius 2 is 0.615 bits per heavy atom. The van der Waals surface area contributed by atoms with Gasteiger partial charge >= 0.3 is 0 Å². The highest BCUT2D eigenvalue weighted by Gasteiger charge is 2.44. The van der Waals surface area contributed by atoms with E-state index in [1.165, 1.54) is 0 Å². The van der Waals surface area contributed by atoms with Gasteiger partial charge in [0.15, 0.2) is 21.4 Å². The lowest BCUT2D eigenvalue weighted by Crippen LogP contribution is -2.20. The van der Waals surface area contributed by atoms with E-state index in [2.05, 4.69) is 171 Å². The van der Waals surface area contributed by atoms with Gasteiger partial charge in [0, 0.05) is 114 Å². The van der Waals surface area contributed by atoms with E-state index in [4.69, 9.17) is 24.9 Å². The Kier molecular flexibility index (Phi) is 15.6. The highest BCUT2D eigenvalue weighted by molar-refractivity contribution is 7.87. The van der Waals surface area contributed by atoms with Crippen LogP contribution in [-0.2, 0) is 13.7 Å². The minimum absolute atomic E-state index is 0.612. The van der Waals surface area contributed by atoms with Crippen LogP contribution in [0.3, 0.4) is 0 Å². The molecule has 3 aliphatic rings. The third kappa shape index (κ3) is 10.3. The SMILES string of the molecule is O=P1(c2ccccc2)c2ccccc2-c2cc3c(cc21)c1ccccc1n3-c1cccc2cccnc12.O=P1(c2ccccc2)c2ccccc2-c2cc3c(cc21)c1ccccc1n3-c1nc(-c2ccccc2)c2ccccc2n1.O=P1(c2ccccc2)c2ccccc2-c2cc3c(cc21)c1ccccc1n3-c1ncc2ccccc2n1. The van der Waals surface area contributed by atoms with E-state index >= 15 is 13.7 Å². The molecule has 0 spiro atoms. The van der Waals surface area contributed by atoms with E-state index in [9.17, 15) is 0 Å². The molecule has 14 heteroatoms. The molecule has 3 aliphatic heterocycles. The van der Waals surface area contributed by atoms with Crippen molar-refractivity contribution in [2.75, 3.05) is 0 Å². The summed E-state index contributed by atoms with van der Waals surface area (Å²) in [6, 6.07) is 129. The second kappa shape index (κ2) is 26.7. The van der Waals surface area contributed by atoms with E-state index in [1.54, 1.807) is 0 Å². The molecule has 3 atom stereocenters. The fraction of sp³-hybridized carbons (Fsp3) is 0. The molecule has 0 saturated heterocycles. The Labute approximate surface area is 671 Å². The van der Waals surface area contributed by atoms with E-state index in [0.29, 0.717) is 11.9 Å². The molecular formula is C103H65N8O3P3. The topological polar surface area (TPSA) is 130 Å². The average Bonchev–Trinajstić information content (AvgIpc) is 1.55. The second-order valence-electron chi connectivity index (χ2n) is 29.9. The molecule has 9 heterocycles. The van der Waals surface area contributed by atoms with Crippen molar-refractivity contribution in [3.63, 3.8) is 0 Å². The fourth-order valence-electron chi connectivity index (χ4n) is 18.5. The Hall–Kier alpha value is -14.3. The van der Waals surface area contributed by atoms with Gasteiger partial charge in [0.1, 0.15) is 0 Å². The molecule has 6 aromatic heterocycles. The van der Waals surface area contributed by atoms with Crippen molar-refractivity contribution in [1.82, 2.24) is 38.6 Å². The van der Waals surface area contributed by atoms with Crippen molar-refractivity contribution in [2.24, 2.45) is 0 Å². The van der Waals surface area contributed by atoms with Crippen molar-refractivity contribution in [3.8, 4) is 62.2 Å². The van der Waals surface area contributed by atoms with Gasteiger partial charge in [-0.05, 0) is 112 Å². The first-order valence-electron chi connectivity index (χ1n) is 39.1. The van der Waals surface area contributed by atoms with Crippen LogP contribution in [0.25, 0.3) is 160 Å². The van der Waals surface area contributed by atoms with Gasteiger partial charge in [-0.15, -0.1) is 0 Å². The third-order valence-corrected chi connectivity index (χ3v) is 33.1. The molecule has 0 bridgehead atoms. The largest absolute Gasteiger partial charge is 0.309 e. The Morgan fingerprint density at radius 3 is 1.12 bits per heavy atom. The summed E-state index contributed by atoms with van der Waals surface area (Å²) in [6.45, 7) is 0. The molecular weight excluding hydrogens is 1490 g/mol. The van der Waals surface area contributed by atoms with Gasteiger partial charge in [0.2, 0.25) is 11.9 Å². The molecule has 550 valence electrons. The zero-order valence-corrected chi connectivity index (χ0v) is 65.4. The Bertz CT molecular complexity index is 8070. The normalized spacial score (nSPS) is 16.1. The molecule has 0 radical (unpaired) electrons. The maximum atomic E-state index is 15.2. The molecule has 3 unspecified atom stereocenters. The predicted molar refractivity (Wildman–Crippen MR) is 484 cm³/mol. The zero-order chi connectivity index (χ0) is 77.7. The molecule has 25 rings (SSSR count). The first-order valence-corrected chi connectivity index (χ1v) is 44.2. The van der Waals surface area contributed by atoms with Gasteiger partial charge in [-0.25, -0.2) is 19.9 Å². The number of fused-ring (bicyclic) bond motifs is 21. The summed E-state index contributed by atoms with van der Waals surface area (Å²) in [7, 11) is -9.10. The number of nitrogens with zero attached hydrogens (tertiary/aromatic N) is 8. The van der Waals surface area contributed by atoms with Crippen LogP contribution < -0.4 is 47.7 Å². The van der Waals surface area contributed by atoms with Crippen LogP contribution in [0.15, 0.2) is 395 Å². The van der Waals surface area contributed by atoms with Crippen LogP contribution >= 0.6 is 21.4 Å². The fourth-order valence-corrected chi connectivity index (χ4v) is 27.7.